The molecule has 110 valence electrons. The molecular formula is C13H10F2N2O2S2. The number of rotatable bonds is 4. The minimum Gasteiger partial charge on any atom is -0.389 e. The number of benzene rings is 2. The van der Waals surface area contributed by atoms with Gasteiger partial charge in [0, 0.05) is 0 Å². The van der Waals surface area contributed by atoms with Crippen molar-refractivity contribution in [2.24, 2.45) is 5.73 Å². The van der Waals surface area contributed by atoms with Crippen molar-refractivity contribution in [1.29, 1.82) is 0 Å². The highest BCUT2D eigenvalue weighted by Crippen LogP contribution is 2.23. The van der Waals surface area contributed by atoms with Crippen LogP contribution >= 0.6 is 12.2 Å². The zero-order valence-corrected chi connectivity index (χ0v) is 12.1. The molecule has 2 rings (SSSR count). The standard InChI is InChI=1S/C13H10F2N2O2S2/c14-8-4-1-2-7-11(8)21(18,19)17-10-6-3-5-9(15)12(10)13(16)20/h1-7,17H,(H2,16,20). The molecule has 0 bridgehead atoms. The summed E-state index contributed by atoms with van der Waals surface area (Å²) in [5, 5.41) is 0. The normalized spacial score (nSPS) is 11.1. The second-order valence-corrected chi connectivity index (χ2v) is 6.15. The van der Waals surface area contributed by atoms with E-state index in [0.29, 0.717) is 0 Å². The van der Waals surface area contributed by atoms with E-state index in [-0.39, 0.29) is 16.2 Å². The number of halogens is 2. The van der Waals surface area contributed by atoms with Gasteiger partial charge in [0.1, 0.15) is 21.5 Å². The van der Waals surface area contributed by atoms with Gasteiger partial charge in [-0.25, -0.2) is 17.2 Å². The van der Waals surface area contributed by atoms with E-state index in [4.69, 9.17) is 18.0 Å². The quantitative estimate of drug-likeness (QED) is 0.846. The first-order chi connectivity index (χ1) is 9.83. The molecule has 0 aliphatic carbocycles. The lowest BCUT2D eigenvalue weighted by Gasteiger charge is -2.12. The van der Waals surface area contributed by atoms with E-state index >= 15 is 0 Å². The molecule has 0 amide bonds. The fraction of sp³-hybridized carbons (Fsp3) is 0. The molecule has 0 aliphatic rings. The van der Waals surface area contributed by atoms with Crippen LogP contribution in [0.3, 0.4) is 0 Å². The van der Waals surface area contributed by atoms with Crippen LogP contribution in [0.5, 0.6) is 0 Å². The van der Waals surface area contributed by atoms with E-state index in [2.05, 4.69) is 4.72 Å². The lowest BCUT2D eigenvalue weighted by molar-refractivity contribution is 0.570. The summed E-state index contributed by atoms with van der Waals surface area (Å²) in [4.78, 5) is -0.859. The van der Waals surface area contributed by atoms with E-state index in [0.717, 1.165) is 18.2 Å². The summed E-state index contributed by atoms with van der Waals surface area (Å²) in [5.74, 6) is -1.69. The van der Waals surface area contributed by atoms with Crippen molar-refractivity contribution in [3.05, 3.63) is 59.7 Å². The van der Waals surface area contributed by atoms with Crippen LogP contribution in [-0.4, -0.2) is 13.4 Å². The van der Waals surface area contributed by atoms with Crippen molar-refractivity contribution in [2.75, 3.05) is 4.72 Å². The molecule has 3 N–H and O–H groups in total. The Bertz CT molecular complexity index is 808. The van der Waals surface area contributed by atoms with Gasteiger partial charge in [0.25, 0.3) is 10.0 Å². The first kappa shape index (κ1) is 15.3. The minimum atomic E-state index is -4.22. The number of hydrogen-bond acceptors (Lipinski definition) is 3. The number of nitrogens with one attached hydrogen (secondary N) is 1. The van der Waals surface area contributed by atoms with Gasteiger partial charge in [0.2, 0.25) is 0 Å². The minimum absolute atomic E-state index is 0.147. The molecule has 0 heterocycles. The highest BCUT2D eigenvalue weighted by molar-refractivity contribution is 7.92. The van der Waals surface area contributed by atoms with Gasteiger partial charge >= 0.3 is 0 Å². The van der Waals surface area contributed by atoms with Gasteiger partial charge in [-0.05, 0) is 24.3 Å². The molecule has 0 radical (unpaired) electrons. The van der Waals surface area contributed by atoms with Crippen LogP contribution in [0.15, 0.2) is 47.4 Å². The largest absolute Gasteiger partial charge is 0.389 e. The Morgan fingerprint density at radius 2 is 1.67 bits per heavy atom. The third-order valence-corrected chi connectivity index (χ3v) is 4.23. The van der Waals surface area contributed by atoms with Gasteiger partial charge in [0.05, 0.1) is 11.3 Å². The molecule has 4 nitrogen and oxygen atoms in total. The van der Waals surface area contributed by atoms with E-state index in [1.807, 2.05) is 0 Å². The highest BCUT2D eigenvalue weighted by Gasteiger charge is 2.21. The lowest BCUT2D eigenvalue weighted by Crippen LogP contribution is -2.20. The molecule has 0 spiro atoms. The second-order valence-electron chi connectivity index (χ2n) is 4.06. The van der Waals surface area contributed by atoms with Crippen molar-refractivity contribution in [2.45, 2.75) is 4.90 Å². The van der Waals surface area contributed by atoms with Gasteiger partial charge in [-0.1, -0.05) is 30.4 Å². The van der Waals surface area contributed by atoms with Crippen LogP contribution in [0.4, 0.5) is 14.5 Å². The molecule has 0 unspecified atom stereocenters. The Kier molecular flexibility index (Phi) is 4.19. The van der Waals surface area contributed by atoms with Gasteiger partial charge in [0.15, 0.2) is 0 Å². The van der Waals surface area contributed by atoms with E-state index in [1.165, 1.54) is 24.3 Å². The summed E-state index contributed by atoms with van der Waals surface area (Å²) in [6, 6.07) is 8.50. The summed E-state index contributed by atoms with van der Waals surface area (Å²) in [7, 11) is -4.22. The molecule has 0 saturated heterocycles. The van der Waals surface area contributed by atoms with Crippen LogP contribution in [0, 0.1) is 11.6 Å². The third-order valence-electron chi connectivity index (χ3n) is 2.63. The third kappa shape index (κ3) is 3.17. The first-order valence-electron chi connectivity index (χ1n) is 5.68. The molecule has 0 saturated carbocycles. The van der Waals surface area contributed by atoms with Crippen molar-refractivity contribution in [3.63, 3.8) is 0 Å². The van der Waals surface area contributed by atoms with Gasteiger partial charge in [-0.15, -0.1) is 0 Å². The molecule has 0 aromatic heterocycles. The van der Waals surface area contributed by atoms with Crippen molar-refractivity contribution < 1.29 is 17.2 Å². The summed E-state index contributed by atoms with van der Waals surface area (Å²) in [5.41, 5.74) is 4.99. The Hall–Kier alpha value is -2.06. The smallest absolute Gasteiger partial charge is 0.264 e. The summed E-state index contributed by atoms with van der Waals surface area (Å²) in [6.07, 6.45) is 0. The predicted molar refractivity (Wildman–Crippen MR) is 79.5 cm³/mol. The predicted octanol–water partition coefficient (Wildman–Crippen LogP) is 2.40. The zero-order valence-electron chi connectivity index (χ0n) is 10.5. The summed E-state index contributed by atoms with van der Waals surface area (Å²) in [6.45, 7) is 0. The average molecular weight is 328 g/mol. The maximum Gasteiger partial charge on any atom is 0.264 e. The van der Waals surface area contributed by atoms with Crippen LogP contribution in [0.1, 0.15) is 5.56 Å². The Morgan fingerprint density at radius 3 is 2.29 bits per heavy atom. The molecule has 0 atom stereocenters. The van der Waals surface area contributed by atoms with Crippen molar-refractivity contribution >= 4 is 32.9 Å². The summed E-state index contributed by atoms with van der Waals surface area (Å²) < 4.78 is 53.7. The maximum atomic E-state index is 13.7. The molecule has 8 heteroatoms. The fourth-order valence-electron chi connectivity index (χ4n) is 1.72. The van der Waals surface area contributed by atoms with E-state index < -0.39 is 26.6 Å². The van der Waals surface area contributed by atoms with E-state index in [1.54, 1.807) is 0 Å². The topological polar surface area (TPSA) is 72.2 Å². The average Bonchev–Trinajstić information content (AvgIpc) is 2.38. The molecule has 0 fully saturated rings. The van der Waals surface area contributed by atoms with Crippen LogP contribution in [0.25, 0.3) is 0 Å². The fourth-order valence-corrected chi connectivity index (χ4v) is 3.08. The Balaban J connectivity index is 2.50. The van der Waals surface area contributed by atoms with Crippen LogP contribution in [-0.2, 0) is 10.0 Å². The van der Waals surface area contributed by atoms with E-state index in [9.17, 15) is 17.2 Å². The number of sulfonamides is 1. The highest BCUT2D eigenvalue weighted by atomic mass is 32.2. The zero-order chi connectivity index (χ0) is 15.6. The first-order valence-corrected chi connectivity index (χ1v) is 7.58. The molecular weight excluding hydrogens is 318 g/mol. The molecule has 0 aliphatic heterocycles. The molecule has 2 aromatic carbocycles. The molecule has 21 heavy (non-hydrogen) atoms. The van der Waals surface area contributed by atoms with Crippen LogP contribution < -0.4 is 10.5 Å². The Labute approximate surface area is 125 Å². The number of anilines is 1. The van der Waals surface area contributed by atoms with Gasteiger partial charge < -0.3 is 5.73 Å². The number of nitrogens with two attached hydrogens (primary N) is 1. The SMILES string of the molecule is NC(=S)c1c(F)cccc1NS(=O)(=O)c1ccccc1F. The summed E-state index contributed by atoms with van der Waals surface area (Å²) >= 11 is 4.70. The van der Waals surface area contributed by atoms with Crippen molar-refractivity contribution in [3.8, 4) is 0 Å². The molecule has 2 aromatic rings. The number of thiocarbonyl (C=S) groups is 1. The van der Waals surface area contributed by atoms with Crippen LogP contribution in [0.2, 0.25) is 0 Å². The lowest BCUT2D eigenvalue weighted by atomic mass is 10.2. The van der Waals surface area contributed by atoms with Crippen molar-refractivity contribution in [1.82, 2.24) is 0 Å². The monoisotopic (exact) mass is 328 g/mol. The Morgan fingerprint density at radius 1 is 1.05 bits per heavy atom. The number of hydrogen-bond donors (Lipinski definition) is 2. The van der Waals surface area contributed by atoms with Gasteiger partial charge in [-0.2, -0.15) is 0 Å². The maximum absolute atomic E-state index is 13.7. The van der Waals surface area contributed by atoms with Gasteiger partial charge in [-0.3, -0.25) is 4.72 Å². The second kappa shape index (κ2) is 5.74.